The van der Waals surface area contributed by atoms with Crippen LogP contribution < -0.4 is 0 Å². The lowest BCUT2D eigenvalue weighted by Crippen LogP contribution is -2.46. The molecule has 1 N–H and O–H groups in total. The quantitative estimate of drug-likeness (QED) is 0.735. The molecule has 0 heterocycles. The molecular weight excluding hydrogens is 248 g/mol. The average molecular weight is 272 g/mol. The van der Waals surface area contributed by atoms with E-state index in [4.69, 9.17) is 0 Å². The fourth-order valence-corrected chi connectivity index (χ4v) is 5.63. The Morgan fingerprint density at radius 1 is 1.25 bits per heavy atom. The van der Waals surface area contributed by atoms with E-state index in [9.17, 15) is 9.90 Å². The molecule has 0 aromatic rings. The Morgan fingerprint density at radius 3 is 2.95 bits per heavy atom. The monoisotopic (exact) mass is 272 g/mol. The van der Waals surface area contributed by atoms with Gasteiger partial charge in [-0.3, -0.25) is 4.79 Å². The fraction of sp³-hybridized carbons (Fsp3) is 0.722. The Balaban J connectivity index is 1.69. The van der Waals surface area contributed by atoms with E-state index < -0.39 is 0 Å². The number of aliphatic hydroxyl groups excluding tert-OH is 1. The topological polar surface area (TPSA) is 37.3 Å². The smallest absolute Gasteiger partial charge is 0.155 e. The predicted molar refractivity (Wildman–Crippen MR) is 78.0 cm³/mol. The Labute approximate surface area is 120 Å². The molecule has 20 heavy (non-hydrogen) atoms. The summed E-state index contributed by atoms with van der Waals surface area (Å²) in [7, 11) is 0. The zero-order valence-electron chi connectivity index (χ0n) is 12.2. The maximum absolute atomic E-state index is 11.6. The van der Waals surface area contributed by atoms with Crippen LogP contribution in [-0.4, -0.2) is 17.0 Å². The lowest BCUT2D eigenvalue weighted by atomic mass is 9.54. The number of allylic oxidation sites excluding steroid dienone is 4. The minimum atomic E-state index is -0.105. The van der Waals surface area contributed by atoms with Gasteiger partial charge < -0.3 is 5.11 Å². The van der Waals surface area contributed by atoms with Gasteiger partial charge in [0, 0.05) is 6.42 Å². The van der Waals surface area contributed by atoms with Gasteiger partial charge in [-0.05, 0) is 72.8 Å². The van der Waals surface area contributed by atoms with Gasteiger partial charge in [0.15, 0.2) is 5.78 Å². The molecule has 0 aliphatic heterocycles. The Hall–Kier alpha value is -0.890. The number of hydrogen-bond acceptors (Lipinski definition) is 2. The molecule has 0 unspecified atom stereocenters. The molecule has 2 heteroatoms. The number of hydrogen-bond donors (Lipinski definition) is 1. The van der Waals surface area contributed by atoms with Crippen LogP contribution in [0.25, 0.3) is 0 Å². The standard InChI is InChI=1S/C18H24O2/c1-18-9-8-14-13-5-3-12(19)10-11(13)2-4-15(14)16(18)6-7-17(18)20/h2,4,10,13-17,20H,3,5-9H2,1H3/t13-,14-,15+,16+,17+,18+/m1/s1. The van der Waals surface area contributed by atoms with Crippen molar-refractivity contribution >= 4 is 5.78 Å². The van der Waals surface area contributed by atoms with Gasteiger partial charge in [0.25, 0.3) is 0 Å². The van der Waals surface area contributed by atoms with Gasteiger partial charge in [-0.2, -0.15) is 0 Å². The molecule has 0 amide bonds. The molecule has 2 fully saturated rings. The third-order valence-corrected chi connectivity index (χ3v) is 6.82. The van der Waals surface area contributed by atoms with E-state index in [1.165, 1.54) is 18.4 Å². The van der Waals surface area contributed by atoms with E-state index in [-0.39, 0.29) is 11.5 Å². The van der Waals surface area contributed by atoms with Crippen LogP contribution in [0.3, 0.4) is 0 Å². The Kier molecular flexibility index (Phi) is 2.76. The van der Waals surface area contributed by atoms with Crippen molar-refractivity contribution in [1.29, 1.82) is 0 Å². The van der Waals surface area contributed by atoms with Crippen molar-refractivity contribution in [2.75, 3.05) is 0 Å². The molecule has 6 atom stereocenters. The molecule has 0 aromatic carbocycles. The Morgan fingerprint density at radius 2 is 2.10 bits per heavy atom. The van der Waals surface area contributed by atoms with Crippen LogP contribution in [0.1, 0.15) is 45.4 Å². The molecule has 4 aliphatic rings. The first-order valence-corrected chi connectivity index (χ1v) is 8.20. The summed E-state index contributed by atoms with van der Waals surface area (Å²) >= 11 is 0. The highest BCUT2D eigenvalue weighted by Crippen LogP contribution is 2.60. The van der Waals surface area contributed by atoms with E-state index >= 15 is 0 Å². The summed E-state index contributed by atoms with van der Waals surface area (Å²) in [5.41, 5.74) is 1.42. The van der Waals surface area contributed by atoms with Gasteiger partial charge in [-0.15, -0.1) is 0 Å². The highest BCUT2D eigenvalue weighted by atomic mass is 16.3. The molecule has 0 bridgehead atoms. The molecule has 0 radical (unpaired) electrons. The maximum atomic E-state index is 11.6. The summed E-state index contributed by atoms with van der Waals surface area (Å²) < 4.78 is 0. The van der Waals surface area contributed by atoms with Crippen molar-refractivity contribution in [2.45, 2.75) is 51.6 Å². The summed E-state index contributed by atoms with van der Waals surface area (Å²) in [6.45, 7) is 2.30. The van der Waals surface area contributed by atoms with Gasteiger partial charge >= 0.3 is 0 Å². The number of carbonyl (C=O) groups is 1. The summed E-state index contributed by atoms with van der Waals surface area (Å²) in [6, 6.07) is 0. The molecule has 2 saturated carbocycles. The molecule has 0 aromatic heterocycles. The van der Waals surface area contributed by atoms with E-state index in [1.807, 2.05) is 6.08 Å². The van der Waals surface area contributed by atoms with E-state index in [2.05, 4.69) is 19.1 Å². The van der Waals surface area contributed by atoms with Crippen LogP contribution in [0.4, 0.5) is 0 Å². The fourth-order valence-electron chi connectivity index (χ4n) is 5.63. The van der Waals surface area contributed by atoms with Crippen LogP contribution in [0, 0.1) is 29.1 Å². The van der Waals surface area contributed by atoms with Crippen LogP contribution in [-0.2, 0) is 4.79 Å². The molecule has 4 rings (SSSR count). The summed E-state index contributed by atoms with van der Waals surface area (Å²) in [6.07, 6.45) is 12.7. The third-order valence-electron chi connectivity index (χ3n) is 6.82. The normalized spacial score (nSPS) is 50.2. The number of ketones is 1. The minimum Gasteiger partial charge on any atom is -0.393 e. The predicted octanol–water partition coefficient (Wildman–Crippen LogP) is 3.27. The molecule has 4 aliphatic carbocycles. The van der Waals surface area contributed by atoms with E-state index in [0.29, 0.717) is 29.5 Å². The summed E-state index contributed by atoms with van der Waals surface area (Å²) in [5.74, 6) is 2.89. The summed E-state index contributed by atoms with van der Waals surface area (Å²) in [4.78, 5) is 11.6. The lowest BCUT2D eigenvalue weighted by Gasteiger charge is -2.51. The SMILES string of the molecule is C[C@]12CC[C@H]3[C@H](C=CC4=CC(=O)CC[C@H]43)[C@@H]1CC[C@@H]2O. The largest absolute Gasteiger partial charge is 0.393 e. The lowest BCUT2D eigenvalue weighted by molar-refractivity contribution is -0.115. The maximum Gasteiger partial charge on any atom is 0.155 e. The van der Waals surface area contributed by atoms with Crippen molar-refractivity contribution in [3.8, 4) is 0 Å². The molecule has 0 saturated heterocycles. The van der Waals surface area contributed by atoms with Crippen LogP contribution >= 0.6 is 0 Å². The van der Waals surface area contributed by atoms with Gasteiger partial charge in [0.05, 0.1) is 6.10 Å². The minimum absolute atomic E-state index is 0.105. The number of aliphatic hydroxyl groups is 1. The van der Waals surface area contributed by atoms with Crippen LogP contribution in [0.5, 0.6) is 0 Å². The first-order valence-electron chi connectivity index (χ1n) is 8.20. The van der Waals surface area contributed by atoms with Crippen molar-refractivity contribution in [3.63, 3.8) is 0 Å². The second kappa shape index (κ2) is 4.30. The number of rotatable bonds is 0. The van der Waals surface area contributed by atoms with Gasteiger partial charge in [-0.25, -0.2) is 0 Å². The van der Waals surface area contributed by atoms with Crippen molar-refractivity contribution in [1.82, 2.24) is 0 Å². The average Bonchev–Trinajstić information content (AvgIpc) is 2.74. The first kappa shape index (κ1) is 12.8. The molecule has 0 spiro atoms. The zero-order valence-corrected chi connectivity index (χ0v) is 12.2. The van der Waals surface area contributed by atoms with Gasteiger partial charge in [0.1, 0.15) is 0 Å². The van der Waals surface area contributed by atoms with Gasteiger partial charge in [0.2, 0.25) is 0 Å². The van der Waals surface area contributed by atoms with Crippen molar-refractivity contribution in [3.05, 3.63) is 23.8 Å². The van der Waals surface area contributed by atoms with Gasteiger partial charge in [-0.1, -0.05) is 19.1 Å². The molecule has 2 nitrogen and oxygen atoms in total. The van der Waals surface area contributed by atoms with Crippen LogP contribution in [0.2, 0.25) is 0 Å². The second-order valence-corrected chi connectivity index (χ2v) is 7.60. The highest BCUT2D eigenvalue weighted by molar-refractivity contribution is 5.91. The summed E-state index contributed by atoms with van der Waals surface area (Å²) in [5, 5.41) is 10.4. The van der Waals surface area contributed by atoms with E-state index in [1.54, 1.807) is 0 Å². The number of fused-ring (bicyclic) bond motifs is 5. The highest BCUT2D eigenvalue weighted by Gasteiger charge is 2.54. The second-order valence-electron chi connectivity index (χ2n) is 7.60. The zero-order chi connectivity index (χ0) is 13.9. The Bertz CT molecular complexity index is 504. The van der Waals surface area contributed by atoms with Crippen molar-refractivity contribution < 1.29 is 9.90 Å². The molecule has 108 valence electrons. The molecular formula is C18H24O2. The first-order chi connectivity index (χ1) is 9.59. The van der Waals surface area contributed by atoms with Crippen molar-refractivity contribution in [2.24, 2.45) is 29.1 Å². The third kappa shape index (κ3) is 1.64. The number of carbonyl (C=O) groups excluding carboxylic acids is 1. The van der Waals surface area contributed by atoms with Crippen LogP contribution in [0.15, 0.2) is 23.8 Å². The van der Waals surface area contributed by atoms with E-state index in [0.717, 1.165) is 25.7 Å².